The first-order chi connectivity index (χ1) is 8.54. The Morgan fingerprint density at radius 1 is 1.33 bits per heavy atom. The first-order valence-electron chi connectivity index (χ1n) is 5.12. The van der Waals surface area contributed by atoms with Crippen molar-refractivity contribution >= 4 is 12.3 Å². The average Bonchev–Trinajstić information content (AvgIpc) is 2.43. The Bertz CT molecular complexity index is 442. The molecule has 0 saturated carbocycles. The highest BCUT2D eigenvalue weighted by atomic mass is 16.5. The minimum Gasteiger partial charge on any atom is -0.496 e. The number of methoxy groups -OCH3 is 2. The number of carbonyl (C=O) groups is 2. The number of aliphatic hydroxyl groups excluding tert-OH is 2. The van der Waals surface area contributed by atoms with Gasteiger partial charge in [0, 0.05) is 0 Å². The molecule has 2 atom stereocenters. The monoisotopic (exact) mass is 254 g/mol. The van der Waals surface area contributed by atoms with Gasteiger partial charge in [-0.1, -0.05) is 6.07 Å². The molecule has 0 spiro atoms. The molecule has 0 amide bonds. The van der Waals surface area contributed by atoms with Crippen LogP contribution in [-0.4, -0.2) is 42.8 Å². The van der Waals surface area contributed by atoms with Gasteiger partial charge in [0.25, 0.3) is 0 Å². The lowest BCUT2D eigenvalue weighted by molar-refractivity contribution is -0.156. The number of rotatable bonds is 5. The summed E-state index contributed by atoms with van der Waals surface area (Å²) in [6.07, 6.45) is -2.54. The van der Waals surface area contributed by atoms with E-state index in [1.807, 2.05) is 0 Å². The van der Waals surface area contributed by atoms with E-state index in [0.29, 0.717) is 11.8 Å². The van der Waals surface area contributed by atoms with E-state index >= 15 is 0 Å². The average molecular weight is 254 g/mol. The number of aldehydes is 1. The van der Waals surface area contributed by atoms with E-state index in [0.717, 1.165) is 7.11 Å². The van der Waals surface area contributed by atoms with E-state index in [1.165, 1.54) is 25.3 Å². The lowest BCUT2D eigenvalue weighted by atomic mass is 10.0. The molecule has 2 N–H and O–H groups in total. The van der Waals surface area contributed by atoms with Crippen molar-refractivity contribution in [3.05, 3.63) is 29.3 Å². The lowest BCUT2D eigenvalue weighted by Gasteiger charge is -2.17. The SMILES string of the molecule is COC(=O)C(O)C(O)c1ccc(C=O)c(OC)c1. The van der Waals surface area contributed by atoms with E-state index in [-0.39, 0.29) is 11.3 Å². The molecule has 0 saturated heterocycles. The van der Waals surface area contributed by atoms with Crippen LogP contribution in [0, 0.1) is 0 Å². The molecule has 0 aliphatic carbocycles. The molecule has 6 nitrogen and oxygen atoms in total. The molecule has 0 radical (unpaired) electrons. The summed E-state index contributed by atoms with van der Waals surface area (Å²) in [7, 11) is 2.48. The molecule has 0 aliphatic rings. The predicted octanol–water partition coefficient (Wildman–Crippen LogP) is 0.0750. The van der Waals surface area contributed by atoms with Crippen molar-refractivity contribution in [2.24, 2.45) is 0 Å². The van der Waals surface area contributed by atoms with Gasteiger partial charge in [-0.15, -0.1) is 0 Å². The zero-order chi connectivity index (χ0) is 13.7. The van der Waals surface area contributed by atoms with Crippen molar-refractivity contribution in [2.75, 3.05) is 14.2 Å². The fourth-order valence-electron chi connectivity index (χ4n) is 1.44. The van der Waals surface area contributed by atoms with Gasteiger partial charge in [-0.05, 0) is 17.7 Å². The minimum atomic E-state index is -1.69. The Hall–Kier alpha value is -1.92. The minimum absolute atomic E-state index is 0.246. The van der Waals surface area contributed by atoms with Gasteiger partial charge in [0.05, 0.1) is 19.8 Å². The molecule has 98 valence electrons. The van der Waals surface area contributed by atoms with Crippen LogP contribution in [0.25, 0.3) is 0 Å². The summed E-state index contributed by atoms with van der Waals surface area (Å²) in [4.78, 5) is 21.8. The summed E-state index contributed by atoms with van der Waals surface area (Å²) in [5, 5.41) is 19.3. The van der Waals surface area contributed by atoms with Crippen molar-refractivity contribution in [3.63, 3.8) is 0 Å². The van der Waals surface area contributed by atoms with Gasteiger partial charge in [0.15, 0.2) is 12.4 Å². The highest BCUT2D eigenvalue weighted by Crippen LogP contribution is 2.25. The fraction of sp³-hybridized carbons (Fsp3) is 0.333. The molecule has 0 aliphatic heterocycles. The number of carbonyl (C=O) groups excluding carboxylic acids is 2. The number of hydrogen-bond acceptors (Lipinski definition) is 6. The summed E-state index contributed by atoms with van der Waals surface area (Å²) in [6, 6.07) is 4.22. The number of ether oxygens (including phenoxy) is 2. The van der Waals surface area contributed by atoms with E-state index < -0.39 is 18.2 Å². The maximum Gasteiger partial charge on any atom is 0.337 e. The van der Waals surface area contributed by atoms with Crippen LogP contribution in [0.4, 0.5) is 0 Å². The van der Waals surface area contributed by atoms with Crippen LogP contribution in [0.1, 0.15) is 22.0 Å². The Kier molecular flexibility index (Phi) is 4.82. The van der Waals surface area contributed by atoms with E-state index in [9.17, 15) is 19.8 Å². The summed E-state index contributed by atoms with van der Waals surface area (Å²) >= 11 is 0. The van der Waals surface area contributed by atoms with Crippen LogP contribution in [0.5, 0.6) is 5.75 Å². The highest BCUT2D eigenvalue weighted by molar-refractivity contribution is 5.80. The summed E-state index contributed by atoms with van der Waals surface area (Å²) in [6.45, 7) is 0. The van der Waals surface area contributed by atoms with Crippen LogP contribution in [0.15, 0.2) is 18.2 Å². The normalized spacial score (nSPS) is 13.6. The van der Waals surface area contributed by atoms with E-state index in [1.54, 1.807) is 0 Å². The molecule has 18 heavy (non-hydrogen) atoms. The third kappa shape index (κ3) is 2.85. The second-order valence-electron chi connectivity index (χ2n) is 3.53. The van der Waals surface area contributed by atoms with E-state index in [2.05, 4.69) is 4.74 Å². The lowest BCUT2D eigenvalue weighted by Crippen LogP contribution is -2.29. The van der Waals surface area contributed by atoms with Crippen molar-refractivity contribution in [3.8, 4) is 5.75 Å². The van der Waals surface area contributed by atoms with Crippen LogP contribution >= 0.6 is 0 Å². The molecule has 1 aromatic carbocycles. The van der Waals surface area contributed by atoms with Crippen molar-refractivity contribution in [1.82, 2.24) is 0 Å². The van der Waals surface area contributed by atoms with Crippen LogP contribution in [0.3, 0.4) is 0 Å². The molecule has 6 heteroatoms. The molecule has 0 heterocycles. The maximum atomic E-state index is 11.1. The third-order valence-electron chi connectivity index (χ3n) is 2.47. The number of benzene rings is 1. The largest absolute Gasteiger partial charge is 0.496 e. The quantitative estimate of drug-likeness (QED) is 0.570. The summed E-state index contributed by atoms with van der Waals surface area (Å²) in [5.74, 6) is -0.695. The van der Waals surface area contributed by atoms with Gasteiger partial charge >= 0.3 is 5.97 Å². The Balaban J connectivity index is 3.03. The first kappa shape index (κ1) is 14.1. The molecule has 0 fully saturated rings. The Morgan fingerprint density at radius 2 is 2.00 bits per heavy atom. The molecule has 0 aromatic heterocycles. The third-order valence-corrected chi connectivity index (χ3v) is 2.47. The highest BCUT2D eigenvalue weighted by Gasteiger charge is 2.27. The van der Waals surface area contributed by atoms with Gasteiger partial charge in [0.2, 0.25) is 0 Å². The zero-order valence-electron chi connectivity index (χ0n) is 9.99. The van der Waals surface area contributed by atoms with E-state index in [4.69, 9.17) is 4.74 Å². The van der Waals surface area contributed by atoms with Gasteiger partial charge in [-0.2, -0.15) is 0 Å². The van der Waals surface area contributed by atoms with Gasteiger partial charge < -0.3 is 19.7 Å². The van der Waals surface area contributed by atoms with Gasteiger partial charge in [-0.3, -0.25) is 4.79 Å². The van der Waals surface area contributed by atoms with Crippen LogP contribution in [0.2, 0.25) is 0 Å². The molecule has 1 aromatic rings. The maximum absolute atomic E-state index is 11.1. The Labute approximate surface area is 104 Å². The molecular weight excluding hydrogens is 240 g/mol. The zero-order valence-corrected chi connectivity index (χ0v) is 9.99. The van der Waals surface area contributed by atoms with Crippen molar-refractivity contribution < 1.29 is 29.3 Å². The summed E-state index contributed by atoms with van der Waals surface area (Å²) < 4.78 is 9.27. The molecular formula is C12H14O6. The number of hydrogen-bond donors (Lipinski definition) is 2. The first-order valence-corrected chi connectivity index (χ1v) is 5.12. The molecule has 2 unspecified atom stereocenters. The predicted molar refractivity (Wildman–Crippen MR) is 61.4 cm³/mol. The second kappa shape index (κ2) is 6.13. The second-order valence-corrected chi connectivity index (χ2v) is 3.53. The standard InChI is InChI=1S/C12H14O6/c1-17-9-5-7(3-4-8(9)6-13)10(14)11(15)12(16)18-2/h3-6,10-11,14-15H,1-2H3. The fourth-order valence-corrected chi connectivity index (χ4v) is 1.44. The molecule has 0 bridgehead atoms. The molecule has 1 rings (SSSR count). The van der Waals surface area contributed by atoms with Crippen LogP contribution in [-0.2, 0) is 9.53 Å². The van der Waals surface area contributed by atoms with Gasteiger partial charge in [0.1, 0.15) is 11.9 Å². The summed E-state index contributed by atoms with van der Waals surface area (Å²) in [5.41, 5.74) is 0.552. The number of esters is 1. The topological polar surface area (TPSA) is 93.1 Å². The van der Waals surface area contributed by atoms with Crippen molar-refractivity contribution in [1.29, 1.82) is 0 Å². The number of aliphatic hydroxyl groups is 2. The van der Waals surface area contributed by atoms with Crippen molar-refractivity contribution in [2.45, 2.75) is 12.2 Å². The smallest absolute Gasteiger partial charge is 0.337 e. The van der Waals surface area contributed by atoms with Gasteiger partial charge in [-0.25, -0.2) is 4.79 Å². The van der Waals surface area contributed by atoms with Crippen LogP contribution < -0.4 is 4.74 Å². The Morgan fingerprint density at radius 3 is 2.50 bits per heavy atom.